The first kappa shape index (κ1) is 28.9. The number of benzene rings is 1. The molecule has 230 valence electrons. The van der Waals surface area contributed by atoms with Gasteiger partial charge < -0.3 is 24.0 Å². The van der Waals surface area contributed by atoms with Gasteiger partial charge in [-0.3, -0.25) is 4.98 Å². The quantitative estimate of drug-likeness (QED) is 0.185. The molecule has 3 aliphatic rings. The number of halogens is 1. The highest BCUT2D eigenvalue weighted by atomic mass is 35.5. The van der Waals surface area contributed by atoms with Crippen molar-refractivity contribution in [1.82, 2.24) is 24.7 Å². The van der Waals surface area contributed by atoms with E-state index in [1.165, 1.54) is 11.3 Å². The van der Waals surface area contributed by atoms with E-state index in [0.29, 0.717) is 31.4 Å². The first-order chi connectivity index (χ1) is 21.3. The number of fused-ring (bicyclic) bond motifs is 4. The van der Waals surface area contributed by atoms with Crippen molar-refractivity contribution in [3.8, 4) is 11.3 Å². The lowest BCUT2D eigenvalue weighted by molar-refractivity contribution is -0.0366. The second kappa shape index (κ2) is 11.0. The van der Waals surface area contributed by atoms with Gasteiger partial charge in [-0.2, -0.15) is 15.1 Å². The molecule has 4 aromatic heterocycles. The second-order valence-electron chi connectivity index (χ2n) is 12.3. The third kappa shape index (κ3) is 4.95. The number of anilines is 1. The standard InChI is InChI=1S/C31H33ClN6O4S2/c1-31(39)15-37(10-12-41-16-31)28-25-18-8-9-33-26(27(18)43-29(25)36-30(35-28)44(2)40)24-19-14-34-38(22-5-3-4-11-42-22)21(19)13-20(32)23(24)17-6-7-17/h8-9,13-14,17,22,39H,3-7,10-12,15-16H2,1-2H3/t22?,31-,44?/m0/s1. The van der Waals surface area contributed by atoms with Crippen molar-refractivity contribution in [2.75, 3.05) is 44.1 Å². The Morgan fingerprint density at radius 1 is 1.18 bits per heavy atom. The van der Waals surface area contributed by atoms with Gasteiger partial charge in [0, 0.05) is 51.9 Å². The van der Waals surface area contributed by atoms with Gasteiger partial charge in [0.25, 0.3) is 0 Å². The molecule has 44 heavy (non-hydrogen) atoms. The molecule has 0 amide bonds. The number of hydrogen-bond acceptors (Lipinski definition) is 10. The van der Waals surface area contributed by atoms with E-state index in [9.17, 15) is 9.66 Å². The van der Waals surface area contributed by atoms with Crippen LogP contribution in [0.3, 0.4) is 0 Å². The van der Waals surface area contributed by atoms with Gasteiger partial charge in [0.2, 0.25) is 0 Å². The fraction of sp³-hybridized carbons (Fsp3) is 0.484. The SMILES string of the molecule is C[S+]([O-])c1nc(N2CCOC[C@@](C)(O)C2)c2c(n1)sc1c(-c3c(C4CC4)c(Cl)cc4c3cnn4C3CCCCO3)nccc12. The van der Waals surface area contributed by atoms with Crippen molar-refractivity contribution < 1.29 is 19.1 Å². The van der Waals surface area contributed by atoms with Gasteiger partial charge in [-0.25, -0.2) is 4.68 Å². The Kier molecular flexibility index (Phi) is 7.24. The zero-order chi connectivity index (χ0) is 30.2. The maximum atomic E-state index is 12.7. The lowest BCUT2D eigenvalue weighted by Gasteiger charge is -2.28. The Morgan fingerprint density at radius 3 is 2.82 bits per heavy atom. The van der Waals surface area contributed by atoms with Crippen LogP contribution in [0, 0.1) is 0 Å². The normalized spacial score (nSPS) is 23.9. The molecule has 2 saturated heterocycles. The molecule has 0 spiro atoms. The molecule has 5 aromatic rings. The summed E-state index contributed by atoms with van der Waals surface area (Å²) >= 11 is 7.23. The number of nitrogens with zero attached hydrogens (tertiary/aromatic N) is 6. The van der Waals surface area contributed by atoms with E-state index in [2.05, 4.69) is 0 Å². The molecular weight excluding hydrogens is 620 g/mol. The molecule has 3 fully saturated rings. The third-order valence-corrected chi connectivity index (χ3v) is 10.9. The van der Waals surface area contributed by atoms with Gasteiger partial charge in [-0.15, -0.1) is 11.3 Å². The summed E-state index contributed by atoms with van der Waals surface area (Å²) in [5.74, 6) is 1.02. The second-order valence-corrected chi connectivity index (χ2v) is 15.0. The van der Waals surface area contributed by atoms with Crippen LogP contribution in [-0.2, 0) is 20.6 Å². The van der Waals surface area contributed by atoms with Crippen molar-refractivity contribution in [2.24, 2.45) is 0 Å². The molecular formula is C31H33ClN6O4S2. The fourth-order valence-corrected chi connectivity index (χ4v) is 8.63. The Bertz CT molecular complexity index is 1900. The summed E-state index contributed by atoms with van der Waals surface area (Å²) in [4.78, 5) is 17.3. The summed E-state index contributed by atoms with van der Waals surface area (Å²) in [5, 5.41) is 19.6. The molecule has 3 atom stereocenters. The van der Waals surface area contributed by atoms with Gasteiger partial charge in [-0.1, -0.05) is 11.6 Å². The van der Waals surface area contributed by atoms with Crippen LogP contribution in [0.15, 0.2) is 29.7 Å². The summed E-state index contributed by atoms with van der Waals surface area (Å²) in [5.41, 5.74) is 2.83. The maximum absolute atomic E-state index is 12.7. The number of pyridine rings is 1. The van der Waals surface area contributed by atoms with Crippen LogP contribution in [0.5, 0.6) is 0 Å². The highest BCUT2D eigenvalue weighted by Crippen LogP contribution is 2.52. The number of aromatic nitrogens is 5. The average Bonchev–Trinajstić information content (AvgIpc) is 3.69. The van der Waals surface area contributed by atoms with Gasteiger partial charge in [0.1, 0.15) is 22.5 Å². The number of β-amino-alcohol motifs (C(OH)–C–C–N with tert-alkyl or cyclic N) is 1. The Morgan fingerprint density at radius 2 is 2.05 bits per heavy atom. The zero-order valence-corrected chi connectivity index (χ0v) is 27.0. The minimum atomic E-state index is -1.40. The van der Waals surface area contributed by atoms with Crippen LogP contribution in [0.4, 0.5) is 5.82 Å². The number of aliphatic hydroxyl groups is 1. The summed E-state index contributed by atoms with van der Waals surface area (Å²) in [6.45, 7) is 4.03. The van der Waals surface area contributed by atoms with E-state index in [4.69, 9.17) is 41.1 Å². The lowest BCUT2D eigenvalue weighted by Crippen LogP contribution is -2.42. The largest absolute Gasteiger partial charge is 0.609 e. The van der Waals surface area contributed by atoms with Gasteiger partial charge in [0.05, 0.1) is 47.3 Å². The fourth-order valence-electron chi connectivity index (χ4n) is 6.63. The van der Waals surface area contributed by atoms with Gasteiger partial charge in [0.15, 0.2) is 6.23 Å². The van der Waals surface area contributed by atoms with Crippen LogP contribution in [0.2, 0.25) is 5.02 Å². The van der Waals surface area contributed by atoms with E-state index in [0.717, 1.165) is 91.8 Å². The molecule has 8 rings (SSSR count). The number of thiophene rings is 1. The number of rotatable bonds is 5. The third-order valence-electron chi connectivity index (χ3n) is 8.76. The van der Waals surface area contributed by atoms with Crippen LogP contribution in [-0.4, -0.2) is 79.2 Å². The van der Waals surface area contributed by atoms with E-state index in [-0.39, 0.29) is 18.0 Å². The van der Waals surface area contributed by atoms with E-state index >= 15 is 0 Å². The van der Waals surface area contributed by atoms with Crippen LogP contribution in [0.1, 0.15) is 56.7 Å². The summed E-state index contributed by atoms with van der Waals surface area (Å²) < 4.78 is 27.5. The summed E-state index contributed by atoms with van der Waals surface area (Å²) in [6.07, 6.45) is 10.5. The van der Waals surface area contributed by atoms with Crippen LogP contribution >= 0.6 is 22.9 Å². The van der Waals surface area contributed by atoms with Crippen LogP contribution < -0.4 is 4.90 Å². The maximum Gasteiger partial charge on any atom is 0.345 e. The average molecular weight is 653 g/mol. The van der Waals surface area contributed by atoms with E-state index < -0.39 is 16.8 Å². The predicted octanol–water partition coefficient (Wildman–Crippen LogP) is 5.81. The van der Waals surface area contributed by atoms with Crippen molar-refractivity contribution in [3.05, 3.63) is 35.1 Å². The molecule has 0 bridgehead atoms. The van der Waals surface area contributed by atoms with Crippen molar-refractivity contribution >= 4 is 71.1 Å². The molecule has 1 aliphatic carbocycles. The van der Waals surface area contributed by atoms with Crippen molar-refractivity contribution in [3.63, 3.8) is 0 Å². The predicted molar refractivity (Wildman–Crippen MR) is 173 cm³/mol. The smallest absolute Gasteiger partial charge is 0.345 e. The first-order valence-electron chi connectivity index (χ1n) is 15.1. The Hall–Kier alpha value is -2.58. The summed E-state index contributed by atoms with van der Waals surface area (Å²) in [7, 11) is 0. The van der Waals surface area contributed by atoms with Crippen molar-refractivity contribution in [2.45, 2.75) is 61.9 Å². The molecule has 0 radical (unpaired) electrons. The summed E-state index contributed by atoms with van der Waals surface area (Å²) in [6, 6.07) is 4.04. The molecule has 6 heterocycles. The van der Waals surface area contributed by atoms with E-state index in [1.807, 2.05) is 34.1 Å². The molecule has 10 nitrogen and oxygen atoms in total. The molecule has 13 heteroatoms. The molecule has 1 saturated carbocycles. The topological polar surface area (TPSA) is 121 Å². The minimum Gasteiger partial charge on any atom is -0.609 e. The first-order valence-corrected chi connectivity index (χ1v) is 17.8. The molecule has 2 aliphatic heterocycles. The number of ether oxygens (including phenoxy) is 2. The lowest BCUT2D eigenvalue weighted by atomic mass is 9.95. The van der Waals surface area contributed by atoms with Crippen molar-refractivity contribution in [1.29, 1.82) is 0 Å². The Labute approximate surface area is 266 Å². The van der Waals surface area contributed by atoms with Crippen LogP contribution in [0.25, 0.3) is 42.5 Å². The van der Waals surface area contributed by atoms with Gasteiger partial charge in [-0.05, 0) is 62.6 Å². The van der Waals surface area contributed by atoms with E-state index in [1.54, 1.807) is 13.2 Å². The molecule has 1 aromatic carbocycles. The molecule has 1 N–H and O–H groups in total. The highest BCUT2D eigenvalue weighted by molar-refractivity contribution is 7.90. The zero-order valence-electron chi connectivity index (χ0n) is 24.6. The number of hydrogen-bond donors (Lipinski definition) is 1. The van der Waals surface area contributed by atoms with Gasteiger partial charge >= 0.3 is 5.16 Å². The Balaban J connectivity index is 1.38. The minimum absolute atomic E-state index is 0.119. The molecule has 2 unspecified atom stereocenters. The monoisotopic (exact) mass is 652 g/mol. The highest BCUT2D eigenvalue weighted by Gasteiger charge is 2.35.